The van der Waals surface area contributed by atoms with E-state index in [1.165, 1.54) is 18.7 Å². The topological polar surface area (TPSA) is 63.7 Å². The van der Waals surface area contributed by atoms with E-state index in [1.54, 1.807) is 30.0 Å². The van der Waals surface area contributed by atoms with Gasteiger partial charge in [0.15, 0.2) is 6.10 Å². The molecule has 0 radical (unpaired) electrons. The Morgan fingerprint density at radius 1 is 1.18 bits per heavy atom. The zero-order valence-electron chi connectivity index (χ0n) is 16.2. The number of fused-ring (bicyclic) bond motifs is 1. The van der Waals surface area contributed by atoms with Gasteiger partial charge in [0.2, 0.25) is 11.7 Å². The number of carbonyl (C=O) groups is 3. The van der Waals surface area contributed by atoms with Crippen molar-refractivity contribution >= 4 is 35.1 Å². The lowest BCUT2D eigenvalue weighted by Crippen LogP contribution is -2.26. The van der Waals surface area contributed by atoms with Crippen LogP contribution in [-0.4, -0.2) is 36.1 Å². The Morgan fingerprint density at radius 2 is 1.93 bits per heavy atom. The molecule has 0 aromatic heterocycles. The molecule has 0 fully saturated rings. The molecule has 28 heavy (non-hydrogen) atoms. The second kappa shape index (κ2) is 8.61. The fourth-order valence-corrected chi connectivity index (χ4v) is 4.07. The van der Waals surface area contributed by atoms with Crippen LogP contribution >= 0.6 is 11.8 Å². The number of rotatable bonds is 6. The number of ketones is 1. The lowest BCUT2D eigenvalue weighted by molar-refractivity contribution is -0.143. The molecule has 0 bridgehead atoms. The Balaban J connectivity index is 1.59. The summed E-state index contributed by atoms with van der Waals surface area (Å²) in [6, 6.07) is 13.1. The molecule has 2 aromatic rings. The highest BCUT2D eigenvalue weighted by atomic mass is 32.2. The minimum absolute atomic E-state index is 0.00808. The normalized spacial score (nSPS) is 13.8. The summed E-state index contributed by atoms with van der Waals surface area (Å²) < 4.78 is 5.33. The molecule has 0 saturated heterocycles. The van der Waals surface area contributed by atoms with Crippen molar-refractivity contribution in [3.05, 3.63) is 59.2 Å². The van der Waals surface area contributed by atoms with E-state index in [9.17, 15) is 14.4 Å². The summed E-state index contributed by atoms with van der Waals surface area (Å²) in [7, 11) is 0. The molecule has 1 unspecified atom stereocenters. The van der Waals surface area contributed by atoms with E-state index < -0.39 is 12.1 Å². The Hall–Kier alpha value is -2.60. The molecule has 0 aliphatic carbocycles. The first-order chi connectivity index (χ1) is 13.4. The zero-order chi connectivity index (χ0) is 20.3. The first-order valence-electron chi connectivity index (χ1n) is 9.20. The van der Waals surface area contributed by atoms with Crippen molar-refractivity contribution in [1.29, 1.82) is 0 Å². The number of ether oxygens (including phenoxy) is 1. The SMILES string of the molecule is CC(=O)N1CCc2cc(C(=O)C(C)OC(=O)CSc3ccccc3C)ccc21. The third-order valence-corrected chi connectivity index (χ3v) is 5.91. The van der Waals surface area contributed by atoms with Crippen LogP contribution in [0.15, 0.2) is 47.4 Å². The molecule has 146 valence electrons. The number of nitrogens with zero attached hydrogens (tertiary/aromatic N) is 1. The molecular formula is C22H23NO4S. The monoisotopic (exact) mass is 397 g/mol. The molecule has 0 N–H and O–H groups in total. The lowest BCUT2D eigenvalue weighted by Gasteiger charge is -2.16. The van der Waals surface area contributed by atoms with E-state index in [1.807, 2.05) is 31.2 Å². The van der Waals surface area contributed by atoms with Crippen molar-refractivity contribution in [2.75, 3.05) is 17.2 Å². The number of hydrogen-bond acceptors (Lipinski definition) is 5. The Bertz CT molecular complexity index is 925. The molecule has 1 aliphatic heterocycles. The highest BCUT2D eigenvalue weighted by Gasteiger charge is 2.25. The van der Waals surface area contributed by atoms with Gasteiger partial charge < -0.3 is 9.64 Å². The fraction of sp³-hybridized carbons (Fsp3) is 0.318. The van der Waals surface area contributed by atoms with Crippen LogP contribution in [0.25, 0.3) is 0 Å². The molecule has 0 saturated carbocycles. The molecule has 0 spiro atoms. The minimum Gasteiger partial charge on any atom is -0.454 e. The van der Waals surface area contributed by atoms with Gasteiger partial charge >= 0.3 is 5.97 Å². The van der Waals surface area contributed by atoms with Crippen LogP contribution in [-0.2, 0) is 20.7 Å². The molecule has 3 rings (SSSR count). The predicted molar refractivity (Wildman–Crippen MR) is 110 cm³/mol. The summed E-state index contributed by atoms with van der Waals surface area (Å²) in [5.74, 6) is -0.511. The van der Waals surface area contributed by atoms with Gasteiger partial charge in [0.05, 0.1) is 5.75 Å². The van der Waals surface area contributed by atoms with Crippen molar-refractivity contribution in [3.63, 3.8) is 0 Å². The molecule has 1 amide bonds. The predicted octanol–water partition coefficient (Wildman–Crippen LogP) is 3.81. The first kappa shape index (κ1) is 20.1. The molecule has 6 heteroatoms. The molecule has 5 nitrogen and oxygen atoms in total. The Morgan fingerprint density at radius 3 is 2.64 bits per heavy atom. The standard InChI is InChI=1S/C22H23NO4S/c1-14-6-4-5-7-20(14)28-13-21(25)27-15(2)22(26)18-8-9-19-17(12-18)10-11-23(19)16(3)24/h4-9,12,15H,10-11,13H2,1-3H3. The number of carbonyl (C=O) groups excluding carboxylic acids is 3. The summed E-state index contributed by atoms with van der Waals surface area (Å²) in [5, 5.41) is 0. The molecule has 1 aliphatic rings. The highest BCUT2D eigenvalue weighted by Crippen LogP contribution is 2.29. The number of anilines is 1. The first-order valence-corrected chi connectivity index (χ1v) is 10.2. The molecule has 1 atom stereocenters. The van der Waals surface area contributed by atoms with Crippen LogP contribution in [0.1, 0.15) is 35.3 Å². The van der Waals surface area contributed by atoms with Gasteiger partial charge in [-0.05, 0) is 55.7 Å². The molecule has 1 heterocycles. The van der Waals surface area contributed by atoms with Crippen LogP contribution in [0, 0.1) is 6.92 Å². The lowest BCUT2D eigenvalue weighted by atomic mass is 10.0. The second-order valence-corrected chi connectivity index (χ2v) is 7.83. The number of Topliss-reactive ketones (excluding diaryl/α,β-unsaturated/α-hetero) is 1. The van der Waals surface area contributed by atoms with Gasteiger partial charge in [0.1, 0.15) is 0 Å². The van der Waals surface area contributed by atoms with Crippen molar-refractivity contribution in [3.8, 4) is 0 Å². The number of amides is 1. The zero-order valence-corrected chi connectivity index (χ0v) is 17.0. The Labute approximate surface area is 169 Å². The largest absolute Gasteiger partial charge is 0.454 e. The van der Waals surface area contributed by atoms with Gasteiger partial charge in [-0.1, -0.05) is 18.2 Å². The van der Waals surface area contributed by atoms with Gasteiger partial charge in [-0.25, -0.2) is 0 Å². The van der Waals surface area contributed by atoms with Crippen LogP contribution in [0.3, 0.4) is 0 Å². The number of aryl methyl sites for hydroxylation is 1. The maximum Gasteiger partial charge on any atom is 0.316 e. The van der Waals surface area contributed by atoms with Crippen LogP contribution in [0.5, 0.6) is 0 Å². The van der Waals surface area contributed by atoms with Crippen LogP contribution < -0.4 is 4.90 Å². The van der Waals surface area contributed by atoms with Crippen molar-refractivity contribution in [2.45, 2.75) is 38.2 Å². The Kier molecular flexibility index (Phi) is 6.19. The average Bonchev–Trinajstić information content (AvgIpc) is 3.10. The van der Waals surface area contributed by atoms with E-state index in [0.29, 0.717) is 12.1 Å². The third kappa shape index (κ3) is 4.44. The third-order valence-electron chi connectivity index (χ3n) is 4.76. The van der Waals surface area contributed by atoms with Gasteiger partial charge in [-0.2, -0.15) is 0 Å². The fourth-order valence-electron chi connectivity index (χ4n) is 3.26. The van der Waals surface area contributed by atoms with Crippen molar-refractivity contribution in [1.82, 2.24) is 0 Å². The molecular weight excluding hydrogens is 374 g/mol. The summed E-state index contributed by atoms with van der Waals surface area (Å²) in [5.41, 5.74) is 3.41. The average molecular weight is 397 g/mol. The number of thioether (sulfide) groups is 1. The summed E-state index contributed by atoms with van der Waals surface area (Å²) in [4.78, 5) is 39.2. The van der Waals surface area contributed by atoms with E-state index in [4.69, 9.17) is 4.74 Å². The van der Waals surface area contributed by atoms with E-state index >= 15 is 0 Å². The number of hydrogen-bond donors (Lipinski definition) is 0. The van der Waals surface area contributed by atoms with Gasteiger partial charge in [0, 0.05) is 29.6 Å². The van der Waals surface area contributed by atoms with Crippen molar-refractivity contribution < 1.29 is 19.1 Å². The van der Waals surface area contributed by atoms with Gasteiger partial charge in [-0.15, -0.1) is 11.8 Å². The van der Waals surface area contributed by atoms with E-state index in [2.05, 4.69) is 0 Å². The summed E-state index contributed by atoms with van der Waals surface area (Å²) >= 11 is 1.40. The second-order valence-electron chi connectivity index (χ2n) is 6.81. The maximum absolute atomic E-state index is 12.7. The smallest absolute Gasteiger partial charge is 0.316 e. The summed E-state index contributed by atoms with van der Waals surface area (Å²) in [6.45, 7) is 5.74. The van der Waals surface area contributed by atoms with E-state index in [0.717, 1.165) is 28.1 Å². The molecule has 2 aromatic carbocycles. The maximum atomic E-state index is 12.7. The van der Waals surface area contributed by atoms with E-state index in [-0.39, 0.29) is 17.4 Å². The van der Waals surface area contributed by atoms with Crippen molar-refractivity contribution in [2.24, 2.45) is 0 Å². The van der Waals surface area contributed by atoms with Gasteiger partial charge in [-0.3, -0.25) is 14.4 Å². The van der Waals surface area contributed by atoms with Crippen LogP contribution in [0.2, 0.25) is 0 Å². The van der Waals surface area contributed by atoms with Crippen LogP contribution in [0.4, 0.5) is 5.69 Å². The summed E-state index contributed by atoms with van der Waals surface area (Å²) in [6.07, 6.45) is -0.134. The number of esters is 1. The quantitative estimate of drug-likeness (QED) is 0.421. The van der Waals surface area contributed by atoms with Gasteiger partial charge in [0.25, 0.3) is 0 Å². The highest BCUT2D eigenvalue weighted by molar-refractivity contribution is 8.00. The minimum atomic E-state index is -0.853. The number of benzene rings is 2.